The highest BCUT2D eigenvalue weighted by atomic mass is 16.3. The molecule has 8 aromatic carbocycles. The fourth-order valence-corrected chi connectivity index (χ4v) is 8.38. The lowest BCUT2D eigenvalue weighted by atomic mass is 10.0. The van der Waals surface area contributed by atoms with Crippen molar-refractivity contribution in [1.29, 1.82) is 0 Å². The normalized spacial score (nSPS) is 11.9. The number of benzene rings is 8. The summed E-state index contributed by atoms with van der Waals surface area (Å²) in [6.45, 7) is 0. The third-order valence-corrected chi connectivity index (χ3v) is 11.1. The zero-order valence-electron chi connectivity index (χ0n) is 30.4. The van der Waals surface area contributed by atoms with E-state index in [2.05, 4.69) is 120 Å². The zero-order valence-corrected chi connectivity index (χ0v) is 30.4. The van der Waals surface area contributed by atoms with Gasteiger partial charge in [-0.3, -0.25) is 0 Å². The summed E-state index contributed by atoms with van der Waals surface area (Å²) in [5, 5.41) is 6.70. The minimum atomic E-state index is 0.585. The molecule has 0 radical (unpaired) electrons. The topological polar surface area (TPSA) is 69.9 Å². The number of hydrogen-bond donors (Lipinski definition) is 0. The van der Waals surface area contributed by atoms with Crippen molar-refractivity contribution in [3.8, 4) is 51.0 Å². The van der Waals surface area contributed by atoms with E-state index < -0.39 is 0 Å². The minimum absolute atomic E-state index is 0.585. The predicted molar refractivity (Wildman–Crippen MR) is 230 cm³/mol. The molecular weight excluding hydrogens is 701 g/mol. The second-order valence-corrected chi connectivity index (χ2v) is 14.4. The molecule has 4 heterocycles. The Kier molecular flexibility index (Phi) is 6.83. The highest BCUT2D eigenvalue weighted by Crippen LogP contribution is 2.40. The van der Waals surface area contributed by atoms with Crippen molar-refractivity contribution in [3.05, 3.63) is 182 Å². The van der Waals surface area contributed by atoms with E-state index in [1.807, 2.05) is 66.7 Å². The maximum absolute atomic E-state index is 6.72. The molecule has 0 fully saturated rings. The molecule has 0 aliphatic carbocycles. The van der Waals surface area contributed by atoms with Crippen molar-refractivity contribution >= 4 is 65.7 Å². The number of hydrogen-bond acceptors (Lipinski definition) is 5. The van der Waals surface area contributed by atoms with Crippen LogP contribution in [0.2, 0.25) is 0 Å². The fraction of sp³-hybridized carbons (Fsp3) is 0. The molecule has 0 amide bonds. The molecule has 0 aliphatic heterocycles. The number of para-hydroxylation sites is 3. The van der Waals surface area contributed by atoms with E-state index in [4.69, 9.17) is 23.8 Å². The number of furan rings is 2. The minimum Gasteiger partial charge on any atom is -0.456 e. The van der Waals surface area contributed by atoms with Gasteiger partial charge in [-0.2, -0.15) is 0 Å². The number of aromatic nitrogens is 4. The Hall–Kier alpha value is -7.83. The van der Waals surface area contributed by atoms with Gasteiger partial charge in [0.05, 0.1) is 11.0 Å². The number of rotatable bonds is 5. The van der Waals surface area contributed by atoms with E-state index >= 15 is 0 Å². The Morgan fingerprint density at radius 3 is 1.49 bits per heavy atom. The molecule has 0 N–H and O–H groups in total. The highest BCUT2D eigenvalue weighted by Gasteiger charge is 2.18. The van der Waals surface area contributed by atoms with Crippen molar-refractivity contribution < 1.29 is 8.83 Å². The quantitative estimate of drug-likeness (QED) is 0.176. The fourth-order valence-electron chi connectivity index (χ4n) is 8.38. The van der Waals surface area contributed by atoms with Crippen LogP contribution in [0.15, 0.2) is 191 Å². The van der Waals surface area contributed by atoms with Crippen LogP contribution in [-0.4, -0.2) is 19.5 Å². The monoisotopic (exact) mass is 730 g/mol. The molecule has 12 aromatic rings. The van der Waals surface area contributed by atoms with Gasteiger partial charge in [-0.05, 0) is 54.1 Å². The number of nitrogens with zero attached hydrogens (tertiary/aromatic N) is 4. The first kappa shape index (κ1) is 31.5. The molecule has 0 spiro atoms. The van der Waals surface area contributed by atoms with Crippen molar-refractivity contribution in [2.24, 2.45) is 0 Å². The molecule has 6 nitrogen and oxygen atoms in total. The number of fused-ring (bicyclic) bond motifs is 9. The molecule has 0 saturated carbocycles. The molecule has 4 aromatic heterocycles. The van der Waals surface area contributed by atoms with Gasteiger partial charge in [-0.15, -0.1) is 0 Å². The molecular formula is C51H30N4O2. The van der Waals surface area contributed by atoms with Gasteiger partial charge in [-0.25, -0.2) is 15.0 Å². The summed E-state index contributed by atoms with van der Waals surface area (Å²) in [4.78, 5) is 14.7. The Morgan fingerprint density at radius 1 is 0.333 bits per heavy atom. The van der Waals surface area contributed by atoms with Gasteiger partial charge in [0.1, 0.15) is 22.3 Å². The van der Waals surface area contributed by atoms with Crippen LogP contribution in [0.3, 0.4) is 0 Å². The summed E-state index contributed by atoms with van der Waals surface area (Å²) in [5.41, 5.74) is 11.4. The van der Waals surface area contributed by atoms with E-state index in [0.717, 1.165) is 77.4 Å². The summed E-state index contributed by atoms with van der Waals surface area (Å²) < 4.78 is 15.7. The van der Waals surface area contributed by atoms with Crippen molar-refractivity contribution in [3.63, 3.8) is 0 Å². The third kappa shape index (κ3) is 5.01. The Morgan fingerprint density at radius 2 is 0.825 bits per heavy atom. The first-order chi connectivity index (χ1) is 28.2. The highest BCUT2D eigenvalue weighted by molar-refractivity contribution is 6.13. The molecule has 0 atom stereocenters. The van der Waals surface area contributed by atoms with Crippen LogP contribution < -0.4 is 0 Å². The summed E-state index contributed by atoms with van der Waals surface area (Å²) in [7, 11) is 0. The van der Waals surface area contributed by atoms with Gasteiger partial charge in [0.25, 0.3) is 0 Å². The van der Waals surface area contributed by atoms with Crippen LogP contribution in [0, 0.1) is 0 Å². The molecule has 0 saturated heterocycles. The van der Waals surface area contributed by atoms with Crippen LogP contribution in [0.1, 0.15) is 0 Å². The summed E-state index contributed by atoms with van der Waals surface area (Å²) in [6.07, 6.45) is 0. The van der Waals surface area contributed by atoms with E-state index in [1.54, 1.807) is 0 Å². The van der Waals surface area contributed by atoms with Crippen LogP contribution in [0.25, 0.3) is 117 Å². The van der Waals surface area contributed by atoms with Crippen LogP contribution in [0.4, 0.5) is 0 Å². The second-order valence-electron chi connectivity index (χ2n) is 14.4. The van der Waals surface area contributed by atoms with Gasteiger partial charge in [0, 0.05) is 66.3 Å². The van der Waals surface area contributed by atoms with Crippen molar-refractivity contribution in [2.45, 2.75) is 0 Å². The lowest BCUT2D eigenvalue weighted by molar-refractivity contribution is 0.668. The van der Waals surface area contributed by atoms with Crippen LogP contribution in [-0.2, 0) is 0 Å². The first-order valence-corrected chi connectivity index (χ1v) is 19.0. The van der Waals surface area contributed by atoms with Gasteiger partial charge in [0.15, 0.2) is 17.5 Å². The molecule has 6 heteroatoms. The lowest BCUT2D eigenvalue weighted by Gasteiger charge is -2.08. The zero-order chi connectivity index (χ0) is 37.5. The molecule has 0 unspecified atom stereocenters. The molecule has 0 bridgehead atoms. The van der Waals surface area contributed by atoms with E-state index in [9.17, 15) is 0 Å². The average molecular weight is 731 g/mol. The second kappa shape index (κ2) is 12.3. The summed E-state index contributed by atoms with van der Waals surface area (Å²) >= 11 is 0. The Balaban J connectivity index is 0.955. The first-order valence-electron chi connectivity index (χ1n) is 19.0. The van der Waals surface area contributed by atoms with Gasteiger partial charge >= 0.3 is 0 Å². The van der Waals surface area contributed by atoms with E-state index in [-0.39, 0.29) is 0 Å². The van der Waals surface area contributed by atoms with E-state index in [0.29, 0.717) is 17.5 Å². The van der Waals surface area contributed by atoms with Gasteiger partial charge in [0.2, 0.25) is 0 Å². The average Bonchev–Trinajstić information content (AvgIpc) is 3.95. The largest absolute Gasteiger partial charge is 0.456 e. The maximum atomic E-state index is 6.72. The molecule has 0 aliphatic rings. The molecule has 12 rings (SSSR count). The smallest absolute Gasteiger partial charge is 0.164 e. The van der Waals surface area contributed by atoms with E-state index in [1.165, 1.54) is 21.8 Å². The van der Waals surface area contributed by atoms with Crippen LogP contribution >= 0.6 is 0 Å². The van der Waals surface area contributed by atoms with Crippen molar-refractivity contribution in [1.82, 2.24) is 19.5 Å². The summed E-state index contributed by atoms with van der Waals surface area (Å²) in [6, 6.07) is 62.7. The standard InChI is InChI=1S/C51H30N4O2/c1-3-12-31(13-4-1)49-52-50(32-14-5-2-6-15-32)54-51(53-49)34-23-26-41-42-19-11-18-36(48(42)57-46(41)29-34)33-22-25-39-40-27-24-35(30-47(40)56-45(39)28-33)55-43-20-9-7-16-37(43)38-17-8-10-21-44(38)55/h1-30H. The maximum Gasteiger partial charge on any atom is 0.164 e. The Bertz CT molecular complexity index is 3410. The third-order valence-electron chi connectivity index (χ3n) is 11.1. The predicted octanol–water partition coefficient (Wildman–Crippen LogP) is 13.4. The lowest BCUT2D eigenvalue weighted by Crippen LogP contribution is -2.00. The summed E-state index contributed by atoms with van der Waals surface area (Å²) in [5.74, 6) is 1.83. The van der Waals surface area contributed by atoms with Gasteiger partial charge < -0.3 is 13.4 Å². The van der Waals surface area contributed by atoms with Gasteiger partial charge in [-0.1, -0.05) is 127 Å². The Labute approximate surface area is 325 Å². The molecule has 57 heavy (non-hydrogen) atoms. The van der Waals surface area contributed by atoms with Crippen LogP contribution in [0.5, 0.6) is 0 Å². The van der Waals surface area contributed by atoms with Crippen molar-refractivity contribution in [2.75, 3.05) is 0 Å². The molecule has 266 valence electrons. The SMILES string of the molecule is c1ccc(-c2nc(-c3ccccc3)nc(-c3ccc4c(c3)oc3c(-c5ccc6c(c5)oc5cc(-n7c8ccccc8c8ccccc87)ccc56)cccc34)n2)cc1.